The first-order valence-corrected chi connectivity index (χ1v) is 16.0. The zero-order valence-corrected chi connectivity index (χ0v) is 26.1. The van der Waals surface area contributed by atoms with Crippen LogP contribution in [0.15, 0.2) is 77.7 Å². The van der Waals surface area contributed by atoms with E-state index in [1.807, 2.05) is 31.2 Å². The third-order valence-corrected chi connectivity index (χ3v) is 9.63. The second-order valence-corrected chi connectivity index (χ2v) is 12.8. The third-order valence-electron chi connectivity index (χ3n) is 7.86. The maximum Gasteiger partial charge on any atom is 0.264 e. The van der Waals surface area contributed by atoms with E-state index in [0.29, 0.717) is 11.4 Å². The standard InChI is InChI=1S/C33H41N3O6S/c1-24-15-17-26(18-16-24)22-35(25(2)33(38)34-27-11-7-5-8-12-27)32(37)23-36(28-13-9-6-10-14-28)43(39,40)29-19-20-30(41-3)31(21-29)42-4/h6,9-10,13-21,25,27H,5,7-8,11-12,22-23H2,1-4H3,(H,34,38)/t25-/m0/s1. The molecule has 230 valence electrons. The van der Waals surface area contributed by atoms with E-state index in [9.17, 15) is 18.0 Å². The first-order chi connectivity index (χ1) is 20.6. The van der Waals surface area contributed by atoms with Gasteiger partial charge in [0.2, 0.25) is 11.8 Å². The van der Waals surface area contributed by atoms with Crippen LogP contribution >= 0.6 is 0 Å². The Bertz CT molecular complexity index is 1490. The lowest BCUT2D eigenvalue weighted by atomic mass is 9.95. The molecule has 1 atom stereocenters. The Labute approximate surface area is 254 Å². The average Bonchev–Trinajstić information content (AvgIpc) is 3.03. The summed E-state index contributed by atoms with van der Waals surface area (Å²) in [5.74, 6) is -0.121. The van der Waals surface area contributed by atoms with Gasteiger partial charge in [0.25, 0.3) is 10.0 Å². The van der Waals surface area contributed by atoms with E-state index in [4.69, 9.17) is 9.47 Å². The minimum absolute atomic E-state index is 0.0602. The summed E-state index contributed by atoms with van der Waals surface area (Å²) in [6, 6.07) is 19.7. The largest absolute Gasteiger partial charge is 0.493 e. The fourth-order valence-corrected chi connectivity index (χ4v) is 6.70. The van der Waals surface area contributed by atoms with Crippen molar-refractivity contribution in [3.8, 4) is 11.5 Å². The molecule has 4 rings (SSSR count). The van der Waals surface area contributed by atoms with Crippen LogP contribution in [0, 0.1) is 6.92 Å². The molecule has 0 aromatic heterocycles. The van der Waals surface area contributed by atoms with Gasteiger partial charge in [-0.3, -0.25) is 13.9 Å². The molecule has 3 aromatic rings. The highest BCUT2D eigenvalue weighted by atomic mass is 32.2. The van der Waals surface area contributed by atoms with Gasteiger partial charge < -0.3 is 19.7 Å². The van der Waals surface area contributed by atoms with E-state index in [1.54, 1.807) is 37.3 Å². The molecule has 0 spiro atoms. The van der Waals surface area contributed by atoms with Crippen LogP contribution in [0.25, 0.3) is 0 Å². The number of benzene rings is 3. The van der Waals surface area contributed by atoms with E-state index < -0.39 is 28.5 Å². The predicted molar refractivity (Wildman–Crippen MR) is 167 cm³/mol. The summed E-state index contributed by atoms with van der Waals surface area (Å²) in [6.07, 6.45) is 5.10. The molecule has 0 saturated heterocycles. The van der Waals surface area contributed by atoms with Crippen molar-refractivity contribution in [3.63, 3.8) is 0 Å². The Balaban J connectivity index is 1.68. The minimum atomic E-state index is -4.24. The summed E-state index contributed by atoms with van der Waals surface area (Å²) < 4.78 is 39.9. The van der Waals surface area contributed by atoms with Crippen LogP contribution in [0.2, 0.25) is 0 Å². The predicted octanol–water partition coefficient (Wildman–Crippen LogP) is 5.07. The first-order valence-electron chi connectivity index (χ1n) is 14.6. The smallest absolute Gasteiger partial charge is 0.264 e. The zero-order valence-electron chi connectivity index (χ0n) is 25.3. The molecular weight excluding hydrogens is 566 g/mol. The maximum atomic E-state index is 14.1. The number of anilines is 1. The molecule has 1 N–H and O–H groups in total. The lowest BCUT2D eigenvalue weighted by Crippen LogP contribution is -2.53. The molecule has 43 heavy (non-hydrogen) atoms. The second kappa shape index (κ2) is 14.4. The van der Waals surface area contributed by atoms with Crippen molar-refractivity contribution in [2.45, 2.75) is 69.5 Å². The van der Waals surface area contributed by atoms with Gasteiger partial charge in [0.15, 0.2) is 11.5 Å². The third kappa shape index (κ3) is 7.87. The number of amides is 2. The molecule has 1 aliphatic rings. The van der Waals surface area contributed by atoms with Crippen LogP contribution in [0.5, 0.6) is 11.5 Å². The minimum Gasteiger partial charge on any atom is -0.493 e. The Hall–Kier alpha value is -4.05. The van der Waals surface area contributed by atoms with Gasteiger partial charge in [-0.15, -0.1) is 0 Å². The van der Waals surface area contributed by atoms with Gasteiger partial charge in [0.05, 0.1) is 24.8 Å². The van der Waals surface area contributed by atoms with Crippen molar-refractivity contribution >= 4 is 27.5 Å². The quantitative estimate of drug-likeness (QED) is 0.308. The van der Waals surface area contributed by atoms with Crippen LogP contribution in [0.4, 0.5) is 5.69 Å². The number of nitrogens with one attached hydrogen (secondary N) is 1. The van der Waals surface area contributed by atoms with Crippen molar-refractivity contribution in [2.24, 2.45) is 0 Å². The van der Waals surface area contributed by atoms with Crippen molar-refractivity contribution in [1.82, 2.24) is 10.2 Å². The van der Waals surface area contributed by atoms with Gasteiger partial charge in [-0.1, -0.05) is 67.3 Å². The highest BCUT2D eigenvalue weighted by Gasteiger charge is 2.33. The number of para-hydroxylation sites is 1. The Morgan fingerprint density at radius 2 is 1.56 bits per heavy atom. The Morgan fingerprint density at radius 3 is 2.19 bits per heavy atom. The number of rotatable bonds is 12. The van der Waals surface area contributed by atoms with Crippen molar-refractivity contribution in [1.29, 1.82) is 0 Å². The first kappa shape index (κ1) is 31.9. The van der Waals surface area contributed by atoms with Crippen LogP contribution in [0.1, 0.15) is 50.2 Å². The monoisotopic (exact) mass is 607 g/mol. The van der Waals surface area contributed by atoms with Crippen molar-refractivity contribution in [2.75, 3.05) is 25.1 Å². The molecule has 0 bridgehead atoms. The number of carbonyl (C=O) groups excluding carboxylic acids is 2. The van der Waals surface area contributed by atoms with Gasteiger partial charge in [-0.25, -0.2) is 8.42 Å². The topological polar surface area (TPSA) is 105 Å². The number of aryl methyl sites for hydroxylation is 1. The molecule has 10 heteroatoms. The number of sulfonamides is 1. The van der Waals surface area contributed by atoms with E-state index in [2.05, 4.69) is 5.32 Å². The number of carbonyl (C=O) groups is 2. The molecule has 0 radical (unpaired) electrons. The summed E-state index contributed by atoms with van der Waals surface area (Å²) in [5.41, 5.74) is 2.23. The van der Waals surface area contributed by atoms with Crippen molar-refractivity contribution < 1.29 is 27.5 Å². The van der Waals surface area contributed by atoms with E-state index in [0.717, 1.165) is 47.5 Å². The highest BCUT2D eigenvalue weighted by Crippen LogP contribution is 2.32. The molecule has 0 unspecified atom stereocenters. The van der Waals surface area contributed by atoms with Crippen LogP contribution in [-0.2, 0) is 26.2 Å². The summed E-state index contributed by atoms with van der Waals surface area (Å²) in [5, 5.41) is 3.12. The van der Waals surface area contributed by atoms with Crippen LogP contribution < -0.4 is 19.1 Å². The number of hydrogen-bond acceptors (Lipinski definition) is 6. The molecule has 1 saturated carbocycles. The normalized spacial score (nSPS) is 14.4. The highest BCUT2D eigenvalue weighted by molar-refractivity contribution is 7.92. The second-order valence-electron chi connectivity index (χ2n) is 10.9. The zero-order chi connectivity index (χ0) is 31.0. The molecule has 0 heterocycles. The van der Waals surface area contributed by atoms with Gasteiger partial charge in [-0.05, 0) is 56.5 Å². The molecule has 3 aromatic carbocycles. The van der Waals surface area contributed by atoms with Gasteiger partial charge in [0, 0.05) is 18.7 Å². The number of ether oxygens (including phenoxy) is 2. The van der Waals surface area contributed by atoms with Gasteiger partial charge in [-0.2, -0.15) is 0 Å². The Kier molecular flexibility index (Phi) is 10.7. The van der Waals surface area contributed by atoms with E-state index >= 15 is 0 Å². The summed E-state index contributed by atoms with van der Waals surface area (Å²) in [7, 11) is -1.34. The lowest BCUT2D eigenvalue weighted by Gasteiger charge is -2.33. The molecule has 2 amide bonds. The number of methoxy groups -OCH3 is 2. The molecule has 1 aliphatic carbocycles. The maximum absolute atomic E-state index is 14.1. The average molecular weight is 608 g/mol. The molecular formula is C33H41N3O6S. The molecule has 9 nitrogen and oxygen atoms in total. The Morgan fingerprint density at radius 1 is 0.907 bits per heavy atom. The van der Waals surface area contributed by atoms with E-state index in [1.165, 1.54) is 37.3 Å². The molecule has 1 fully saturated rings. The van der Waals surface area contributed by atoms with Crippen molar-refractivity contribution in [3.05, 3.63) is 83.9 Å². The van der Waals surface area contributed by atoms with E-state index in [-0.39, 0.29) is 29.1 Å². The number of hydrogen-bond donors (Lipinski definition) is 1. The number of nitrogens with zero attached hydrogens (tertiary/aromatic N) is 2. The lowest BCUT2D eigenvalue weighted by molar-refractivity contribution is -0.139. The van der Waals surface area contributed by atoms with Gasteiger partial charge in [0.1, 0.15) is 12.6 Å². The van der Waals surface area contributed by atoms with Crippen LogP contribution in [0.3, 0.4) is 0 Å². The fourth-order valence-electron chi connectivity index (χ4n) is 5.27. The van der Waals surface area contributed by atoms with Crippen LogP contribution in [-0.4, -0.2) is 58.0 Å². The van der Waals surface area contributed by atoms with Gasteiger partial charge >= 0.3 is 0 Å². The fraction of sp³-hybridized carbons (Fsp3) is 0.394. The summed E-state index contributed by atoms with van der Waals surface area (Å²) in [4.78, 5) is 29.0. The molecule has 0 aliphatic heterocycles. The SMILES string of the molecule is COc1ccc(S(=O)(=O)N(CC(=O)N(Cc2ccc(C)cc2)[C@@H](C)C(=O)NC2CCCCC2)c2ccccc2)cc1OC. The summed E-state index contributed by atoms with van der Waals surface area (Å²) in [6.45, 7) is 3.31. The summed E-state index contributed by atoms with van der Waals surface area (Å²) >= 11 is 0.